The van der Waals surface area contributed by atoms with Gasteiger partial charge in [-0.15, -0.1) is 5.10 Å². The number of nitrogens with zero attached hydrogens (tertiary/aromatic N) is 3. The number of hydrogen-bond donors (Lipinski definition) is 1. The lowest BCUT2D eigenvalue weighted by Crippen LogP contribution is -2.30. The minimum atomic E-state index is -4.42. The maximum Gasteiger partial charge on any atom is 0.416 e. The molecule has 7 nitrogen and oxygen atoms in total. The highest BCUT2D eigenvalue weighted by molar-refractivity contribution is 7.92. The molecule has 2 aromatic heterocycles. The third kappa shape index (κ3) is 4.91. The van der Waals surface area contributed by atoms with Crippen LogP contribution in [-0.2, 0) is 21.0 Å². The Kier molecular flexibility index (Phi) is 5.97. The van der Waals surface area contributed by atoms with Crippen molar-refractivity contribution in [1.82, 2.24) is 19.3 Å². The molecule has 172 valence electrons. The fraction of sp³-hybridized carbons (Fsp3) is 0.190. The van der Waals surface area contributed by atoms with Gasteiger partial charge in [0.2, 0.25) is 10.9 Å². The largest absolute Gasteiger partial charge is 0.416 e. The van der Waals surface area contributed by atoms with Crippen molar-refractivity contribution >= 4 is 32.2 Å². The summed E-state index contributed by atoms with van der Waals surface area (Å²) < 4.78 is 66.5. The third-order valence-corrected chi connectivity index (χ3v) is 7.35. The predicted molar refractivity (Wildman–Crippen MR) is 117 cm³/mol. The number of benzene rings is 2. The Balaban J connectivity index is 1.57. The molecule has 1 N–H and O–H groups in total. The van der Waals surface area contributed by atoms with E-state index in [0.717, 1.165) is 23.5 Å². The van der Waals surface area contributed by atoms with Crippen LogP contribution >= 0.6 is 11.3 Å². The van der Waals surface area contributed by atoms with Gasteiger partial charge in [0.25, 0.3) is 14.4 Å². The van der Waals surface area contributed by atoms with Crippen molar-refractivity contribution in [2.24, 2.45) is 0 Å². The van der Waals surface area contributed by atoms with E-state index in [9.17, 15) is 26.4 Å². The standard InChI is InChI=1S/C21H17F3N4O3S2/c1-2-4-18(29)27-33(30,31)20-26-28-12-17(25-19(28)32-20)14-9-7-13(8-10-14)15-5-3-6-16(11-15)21(22,23)24/h3,5-12H,2,4H2,1H3,(H,27,29). The average Bonchev–Trinajstić information content (AvgIpc) is 3.33. The van der Waals surface area contributed by atoms with Crippen molar-refractivity contribution in [2.75, 3.05) is 0 Å². The number of hydrogen-bond acceptors (Lipinski definition) is 6. The molecule has 4 rings (SSSR count). The Hall–Kier alpha value is -3.25. The van der Waals surface area contributed by atoms with Crippen molar-refractivity contribution in [3.63, 3.8) is 0 Å². The number of rotatable bonds is 6. The van der Waals surface area contributed by atoms with Crippen LogP contribution in [-0.4, -0.2) is 28.9 Å². The summed E-state index contributed by atoms with van der Waals surface area (Å²) >= 11 is 0.815. The van der Waals surface area contributed by atoms with Gasteiger partial charge in [-0.3, -0.25) is 4.79 Å². The van der Waals surface area contributed by atoms with E-state index >= 15 is 0 Å². The lowest BCUT2D eigenvalue weighted by Gasteiger charge is -2.09. The molecular formula is C21H17F3N4O3S2. The fourth-order valence-corrected chi connectivity index (χ4v) is 5.20. The van der Waals surface area contributed by atoms with Crippen LogP contribution in [0.25, 0.3) is 27.3 Å². The second-order valence-corrected chi connectivity index (χ2v) is 9.97. The summed E-state index contributed by atoms with van der Waals surface area (Å²) in [5.74, 6) is -0.605. The minimum Gasteiger partial charge on any atom is -0.274 e. The monoisotopic (exact) mass is 494 g/mol. The highest BCUT2D eigenvalue weighted by Gasteiger charge is 2.30. The molecule has 2 aromatic carbocycles. The molecule has 0 unspecified atom stereocenters. The molecule has 0 bridgehead atoms. The Labute approximate surface area is 191 Å². The zero-order valence-corrected chi connectivity index (χ0v) is 18.8. The predicted octanol–water partition coefficient (Wildman–Crippen LogP) is 4.75. The quantitative estimate of drug-likeness (QED) is 0.418. The lowest BCUT2D eigenvalue weighted by atomic mass is 10.0. The molecule has 12 heteroatoms. The smallest absolute Gasteiger partial charge is 0.274 e. The Morgan fingerprint density at radius 3 is 2.42 bits per heavy atom. The Bertz CT molecular complexity index is 1390. The molecule has 1 amide bonds. The van der Waals surface area contributed by atoms with Gasteiger partial charge in [0.05, 0.1) is 17.5 Å². The summed E-state index contributed by atoms with van der Waals surface area (Å²) in [6.07, 6.45) is -2.28. The maximum absolute atomic E-state index is 13.0. The van der Waals surface area contributed by atoms with Gasteiger partial charge in [-0.1, -0.05) is 54.7 Å². The van der Waals surface area contributed by atoms with E-state index < -0.39 is 27.7 Å². The summed E-state index contributed by atoms with van der Waals surface area (Å²) in [6.45, 7) is 1.76. The van der Waals surface area contributed by atoms with Crippen molar-refractivity contribution < 1.29 is 26.4 Å². The van der Waals surface area contributed by atoms with Crippen molar-refractivity contribution in [3.05, 3.63) is 60.3 Å². The topological polar surface area (TPSA) is 93.4 Å². The molecule has 0 aliphatic rings. The van der Waals surface area contributed by atoms with Gasteiger partial charge >= 0.3 is 6.18 Å². The summed E-state index contributed by atoms with van der Waals surface area (Å²) in [5.41, 5.74) is 1.53. The SMILES string of the molecule is CCCC(=O)NS(=O)(=O)c1nn2cc(-c3ccc(-c4cccc(C(F)(F)F)c4)cc3)nc2s1. The van der Waals surface area contributed by atoms with E-state index in [1.54, 1.807) is 37.3 Å². The first kappa shape index (κ1) is 22.9. The second kappa shape index (κ2) is 8.60. The van der Waals surface area contributed by atoms with Gasteiger partial charge in [0.15, 0.2) is 0 Å². The van der Waals surface area contributed by atoms with Gasteiger partial charge < -0.3 is 0 Å². The second-order valence-electron chi connectivity index (χ2n) is 7.16. The number of carbonyl (C=O) groups excluding carboxylic acids is 1. The summed E-state index contributed by atoms with van der Waals surface area (Å²) in [4.78, 5) is 16.3. The summed E-state index contributed by atoms with van der Waals surface area (Å²) in [7, 11) is -4.07. The third-order valence-electron chi connectivity index (χ3n) is 4.68. The van der Waals surface area contributed by atoms with Crippen LogP contribution in [0.2, 0.25) is 0 Å². The van der Waals surface area contributed by atoms with Crippen LogP contribution in [0.1, 0.15) is 25.3 Å². The van der Waals surface area contributed by atoms with Crippen molar-refractivity contribution in [1.29, 1.82) is 0 Å². The van der Waals surface area contributed by atoms with Crippen LogP contribution in [0, 0.1) is 0 Å². The molecule has 0 atom stereocenters. The normalized spacial score (nSPS) is 12.2. The molecule has 0 saturated carbocycles. The summed E-state index contributed by atoms with van der Waals surface area (Å²) in [5, 5.41) is 4.01. The molecule has 4 aromatic rings. The zero-order chi connectivity index (χ0) is 23.8. The number of fused-ring (bicyclic) bond motifs is 1. The van der Waals surface area contributed by atoms with Gasteiger partial charge in [0.1, 0.15) is 0 Å². The molecular weight excluding hydrogens is 477 g/mol. The number of nitrogens with one attached hydrogen (secondary N) is 1. The fourth-order valence-electron chi connectivity index (χ4n) is 3.11. The van der Waals surface area contributed by atoms with E-state index in [2.05, 4.69) is 10.1 Å². The first-order valence-corrected chi connectivity index (χ1v) is 12.1. The summed E-state index contributed by atoms with van der Waals surface area (Å²) in [6, 6.07) is 11.9. The van der Waals surface area contributed by atoms with E-state index in [4.69, 9.17) is 0 Å². The molecule has 0 spiro atoms. The van der Waals surface area contributed by atoms with Crippen LogP contribution in [0.15, 0.2) is 59.1 Å². The van der Waals surface area contributed by atoms with Gasteiger partial charge in [-0.25, -0.2) is 14.2 Å². The van der Waals surface area contributed by atoms with Crippen LogP contribution < -0.4 is 4.72 Å². The Morgan fingerprint density at radius 2 is 1.79 bits per heavy atom. The number of aromatic nitrogens is 3. The molecule has 0 fully saturated rings. The van der Waals surface area contributed by atoms with E-state index in [-0.39, 0.29) is 10.8 Å². The first-order chi connectivity index (χ1) is 15.6. The van der Waals surface area contributed by atoms with E-state index in [1.807, 2.05) is 4.72 Å². The lowest BCUT2D eigenvalue weighted by molar-refractivity contribution is -0.137. The molecule has 0 aliphatic heterocycles. The number of alkyl halides is 3. The first-order valence-electron chi connectivity index (χ1n) is 9.77. The molecule has 33 heavy (non-hydrogen) atoms. The highest BCUT2D eigenvalue weighted by atomic mass is 32.2. The number of halogens is 3. The van der Waals surface area contributed by atoms with Crippen molar-refractivity contribution in [3.8, 4) is 22.4 Å². The molecule has 0 aliphatic carbocycles. The van der Waals surface area contributed by atoms with E-state index in [1.165, 1.54) is 16.8 Å². The van der Waals surface area contributed by atoms with Gasteiger partial charge in [-0.2, -0.15) is 21.6 Å². The number of imidazole rings is 1. The van der Waals surface area contributed by atoms with E-state index in [0.29, 0.717) is 33.8 Å². The van der Waals surface area contributed by atoms with Gasteiger partial charge in [-0.05, 0) is 29.7 Å². The number of amides is 1. The molecule has 0 radical (unpaired) electrons. The molecule has 0 saturated heterocycles. The molecule has 2 heterocycles. The average molecular weight is 495 g/mol. The van der Waals surface area contributed by atoms with Crippen LogP contribution in [0.3, 0.4) is 0 Å². The number of carbonyl (C=O) groups is 1. The number of sulfonamides is 1. The maximum atomic E-state index is 13.0. The van der Waals surface area contributed by atoms with Crippen LogP contribution in [0.4, 0.5) is 13.2 Å². The highest BCUT2D eigenvalue weighted by Crippen LogP contribution is 2.33. The van der Waals surface area contributed by atoms with Crippen LogP contribution in [0.5, 0.6) is 0 Å². The van der Waals surface area contributed by atoms with Gasteiger partial charge in [0, 0.05) is 12.0 Å². The van der Waals surface area contributed by atoms with Crippen molar-refractivity contribution in [2.45, 2.75) is 30.3 Å². The zero-order valence-electron chi connectivity index (χ0n) is 17.1. The Morgan fingerprint density at radius 1 is 1.09 bits per heavy atom. The minimum absolute atomic E-state index is 0.0857.